The molecule has 7 heteroatoms. The second-order valence-corrected chi connectivity index (χ2v) is 7.45. The molecule has 1 aliphatic rings. The quantitative estimate of drug-likeness (QED) is 0.377. The topological polar surface area (TPSA) is 67.3 Å². The van der Waals surface area contributed by atoms with Gasteiger partial charge in [0.2, 0.25) is 6.54 Å². The first-order valence-corrected chi connectivity index (χ1v) is 10.1. The van der Waals surface area contributed by atoms with E-state index in [2.05, 4.69) is 6.92 Å². The molecule has 1 fully saturated rings. The number of nitrogens with zero attached hydrogens (tertiary/aromatic N) is 3. The second-order valence-electron chi connectivity index (χ2n) is 7.45. The van der Waals surface area contributed by atoms with Gasteiger partial charge < -0.3 is 17.3 Å². The summed E-state index contributed by atoms with van der Waals surface area (Å²) >= 11 is 0. The number of nitro benzene ring substituents is 1. The number of carbonyl (C=O) groups excluding carboxylic acids is 1. The van der Waals surface area contributed by atoms with Crippen LogP contribution in [0.3, 0.4) is 0 Å². The Morgan fingerprint density at radius 3 is 2.21 bits per heavy atom. The Balaban J connectivity index is 0.00000300. The summed E-state index contributed by atoms with van der Waals surface area (Å²) in [4.78, 5) is 25.1. The summed E-state index contributed by atoms with van der Waals surface area (Å²) in [5.74, 6) is 0.183. The predicted octanol–water partition coefficient (Wildman–Crippen LogP) is 0.658. The van der Waals surface area contributed by atoms with Gasteiger partial charge in [0.05, 0.1) is 4.92 Å². The smallest absolute Gasteiger partial charge is 0.288 e. The summed E-state index contributed by atoms with van der Waals surface area (Å²) in [6.07, 6.45) is 10.6. The zero-order valence-electron chi connectivity index (χ0n) is 16.8. The van der Waals surface area contributed by atoms with Gasteiger partial charge in [0.15, 0.2) is 12.4 Å². The molecular weight excluding hydrogens is 390 g/mol. The molecule has 156 valence electrons. The van der Waals surface area contributed by atoms with E-state index in [1.807, 2.05) is 34.0 Å². The lowest BCUT2D eigenvalue weighted by molar-refractivity contribution is -0.685. The number of amides is 1. The van der Waals surface area contributed by atoms with Gasteiger partial charge in [-0.05, 0) is 37.3 Å². The number of non-ortho nitro benzene ring substituents is 1. The lowest BCUT2D eigenvalue weighted by atomic mass is 9.94. The molecule has 1 aromatic carbocycles. The van der Waals surface area contributed by atoms with E-state index in [4.69, 9.17) is 0 Å². The highest BCUT2D eigenvalue weighted by molar-refractivity contribution is 5.75. The van der Waals surface area contributed by atoms with Crippen LogP contribution in [0.15, 0.2) is 48.8 Å². The Bertz CT molecular complexity index is 803. The van der Waals surface area contributed by atoms with Gasteiger partial charge in [0.1, 0.15) is 0 Å². The first-order chi connectivity index (χ1) is 13.6. The fourth-order valence-corrected chi connectivity index (χ4v) is 3.96. The van der Waals surface area contributed by atoms with Crippen LogP contribution >= 0.6 is 0 Å². The molecule has 1 aliphatic carbocycles. The maximum absolute atomic E-state index is 12.8. The van der Waals surface area contributed by atoms with Gasteiger partial charge in [-0.2, -0.15) is 4.57 Å². The van der Waals surface area contributed by atoms with Crippen molar-refractivity contribution in [3.63, 3.8) is 0 Å². The lowest BCUT2D eigenvalue weighted by Crippen LogP contribution is -3.00. The fourth-order valence-electron chi connectivity index (χ4n) is 3.96. The molecule has 0 atom stereocenters. The summed E-state index contributed by atoms with van der Waals surface area (Å²) in [6.45, 7) is 3.19. The van der Waals surface area contributed by atoms with Crippen LogP contribution in [0.4, 0.5) is 5.69 Å². The Kier molecular flexibility index (Phi) is 8.58. The Morgan fingerprint density at radius 2 is 1.66 bits per heavy atom. The largest absolute Gasteiger partial charge is 1.00 e. The van der Waals surface area contributed by atoms with Crippen molar-refractivity contribution in [2.24, 2.45) is 0 Å². The minimum atomic E-state index is -0.390. The monoisotopic (exact) mass is 417 g/mol. The van der Waals surface area contributed by atoms with Crippen molar-refractivity contribution >= 4 is 11.6 Å². The number of benzene rings is 1. The maximum Gasteiger partial charge on any atom is 0.288 e. The summed E-state index contributed by atoms with van der Waals surface area (Å²) in [7, 11) is 0. The fraction of sp³-hybridized carbons (Fsp3) is 0.455. The zero-order chi connectivity index (χ0) is 19.9. The predicted molar refractivity (Wildman–Crippen MR) is 107 cm³/mol. The van der Waals surface area contributed by atoms with Gasteiger partial charge in [-0.15, -0.1) is 0 Å². The standard InChI is InChI=1S/C22H28N3O3.ClH/c1-2-24(20-6-4-3-5-7-20)22(26)17-23-14-12-19(13-15-23)16-18-8-10-21(11-9-18)25(27)28;/h8-15,20H,2-7,16-17H2,1H3;1H/q+1;/p-1. The number of rotatable bonds is 7. The van der Waals surface area contributed by atoms with E-state index in [0.29, 0.717) is 19.0 Å². The Labute approximate surface area is 178 Å². The molecule has 1 saturated carbocycles. The highest BCUT2D eigenvalue weighted by atomic mass is 35.5. The number of halogens is 1. The van der Waals surface area contributed by atoms with Crippen molar-refractivity contribution in [2.75, 3.05) is 6.54 Å². The summed E-state index contributed by atoms with van der Waals surface area (Å²) < 4.78 is 1.92. The van der Waals surface area contributed by atoms with Crippen LogP contribution in [-0.4, -0.2) is 28.3 Å². The third-order valence-corrected chi connectivity index (χ3v) is 5.51. The van der Waals surface area contributed by atoms with Gasteiger partial charge >= 0.3 is 0 Å². The molecule has 2 aromatic rings. The second kappa shape index (κ2) is 10.9. The van der Waals surface area contributed by atoms with Crippen molar-refractivity contribution in [1.29, 1.82) is 0 Å². The van der Waals surface area contributed by atoms with Crippen LogP contribution in [-0.2, 0) is 17.8 Å². The molecule has 0 spiro atoms. The van der Waals surface area contributed by atoms with E-state index in [1.165, 1.54) is 31.4 Å². The van der Waals surface area contributed by atoms with Crippen molar-refractivity contribution < 1.29 is 26.7 Å². The third-order valence-electron chi connectivity index (χ3n) is 5.51. The zero-order valence-corrected chi connectivity index (χ0v) is 17.6. The van der Waals surface area contributed by atoms with Crippen molar-refractivity contribution in [3.8, 4) is 0 Å². The molecule has 0 aliphatic heterocycles. The van der Waals surface area contributed by atoms with E-state index in [9.17, 15) is 14.9 Å². The molecule has 0 radical (unpaired) electrons. The molecule has 1 amide bonds. The number of hydrogen-bond acceptors (Lipinski definition) is 3. The number of hydrogen-bond donors (Lipinski definition) is 0. The Hall–Kier alpha value is -2.47. The number of aromatic nitrogens is 1. The molecular formula is C22H28ClN3O3. The Morgan fingerprint density at radius 1 is 1.07 bits per heavy atom. The number of nitro groups is 1. The van der Waals surface area contributed by atoms with Crippen LogP contribution in [0, 0.1) is 10.1 Å². The highest BCUT2D eigenvalue weighted by Gasteiger charge is 2.26. The van der Waals surface area contributed by atoms with Crippen LogP contribution in [0.1, 0.15) is 50.2 Å². The van der Waals surface area contributed by atoms with Gasteiger partial charge in [-0.25, -0.2) is 0 Å². The van der Waals surface area contributed by atoms with E-state index in [-0.39, 0.29) is 28.9 Å². The summed E-state index contributed by atoms with van der Waals surface area (Å²) in [5, 5.41) is 10.7. The molecule has 1 aromatic heterocycles. The SMILES string of the molecule is CCN(C(=O)C[n+]1ccc(Cc2ccc([N+](=O)[O-])cc2)cc1)C1CCCCC1.[Cl-]. The van der Waals surface area contributed by atoms with Crippen molar-refractivity contribution in [1.82, 2.24) is 4.90 Å². The number of likely N-dealkylation sites (N-methyl/N-ethyl adjacent to an activating group) is 1. The number of carbonyl (C=O) groups is 1. The van der Waals surface area contributed by atoms with Gasteiger partial charge in [-0.3, -0.25) is 14.9 Å². The van der Waals surface area contributed by atoms with Crippen molar-refractivity contribution in [2.45, 2.75) is 58.0 Å². The third kappa shape index (κ3) is 6.26. The van der Waals surface area contributed by atoms with Crippen LogP contribution in [0.25, 0.3) is 0 Å². The molecule has 0 unspecified atom stereocenters. The van der Waals surface area contributed by atoms with Crippen LogP contribution < -0.4 is 17.0 Å². The normalized spacial score (nSPS) is 14.1. The average molecular weight is 418 g/mol. The molecule has 0 bridgehead atoms. The first-order valence-electron chi connectivity index (χ1n) is 10.1. The van der Waals surface area contributed by atoms with Gasteiger partial charge in [-0.1, -0.05) is 31.4 Å². The van der Waals surface area contributed by atoms with E-state index < -0.39 is 0 Å². The number of pyridine rings is 1. The molecule has 6 nitrogen and oxygen atoms in total. The van der Waals surface area contributed by atoms with Crippen LogP contribution in [0.5, 0.6) is 0 Å². The van der Waals surface area contributed by atoms with Crippen LogP contribution in [0.2, 0.25) is 0 Å². The van der Waals surface area contributed by atoms with E-state index in [0.717, 1.165) is 30.5 Å². The minimum Gasteiger partial charge on any atom is -1.00 e. The molecule has 0 N–H and O–H groups in total. The maximum atomic E-state index is 12.8. The molecule has 0 saturated heterocycles. The minimum absolute atomic E-state index is 0. The average Bonchev–Trinajstić information content (AvgIpc) is 2.71. The van der Waals surface area contributed by atoms with E-state index in [1.54, 1.807) is 12.1 Å². The highest BCUT2D eigenvalue weighted by Crippen LogP contribution is 2.22. The lowest BCUT2D eigenvalue weighted by Gasteiger charge is -2.32. The van der Waals surface area contributed by atoms with Gasteiger partial charge in [0.25, 0.3) is 11.6 Å². The molecule has 29 heavy (non-hydrogen) atoms. The summed E-state index contributed by atoms with van der Waals surface area (Å²) in [5.41, 5.74) is 2.23. The van der Waals surface area contributed by atoms with Gasteiger partial charge in [0, 0.05) is 36.9 Å². The molecule has 3 rings (SSSR count). The first kappa shape index (κ1) is 22.8. The summed E-state index contributed by atoms with van der Waals surface area (Å²) in [6, 6.07) is 11.0. The molecule has 1 heterocycles. The van der Waals surface area contributed by atoms with E-state index >= 15 is 0 Å². The van der Waals surface area contributed by atoms with Crippen molar-refractivity contribution in [3.05, 3.63) is 70.0 Å².